The average molecular weight is 382 g/mol. The van der Waals surface area contributed by atoms with Gasteiger partial charge in [0.1, 0.15) is 11.1 Å². The fraction of sp³-hybridized carbons (Fsp3) is 0.429. The zero-order chi connectivity index (χ0) is 19.2. The van der Waals surface area contributed by atoms with Crippen molar-refractivity contribution in [2.45, 2.75) is 40.0 Å². The summed E-state index contributed by atoms with van der Waals surface area (Å²) in [5.74, 6) is 1.56. The minimum absolute atomic E-state index is 0.172. The first-order valence-electron chi connectivity index (χ1n) is 9.12. The van der Waals surface area contributed by atoms with Crippen LogP contribution in [-0.4, -0.2) is 12.7 Å². The van der Waals surface area contributed by atoms with Crippen LogP contribution in [0.15, 0.2) is 18.2 Å². The molecule has 6 heteroatoms. The van der Waals surface area contributed by atoms with Gasteiger partial charge in [0, 0.05) is 10.4 Å². The van der Waals surface area contributed by atoms with Gasteiger partial charge in [-0.05, 0) is 54.4 Å². The van der Waals surface area contributed by atoms with E-state index < -0.39 is 0 Å². The number of nitriles is 1. The van der Waals surface area contributed by atoms with E-state index in [1.54, 1.807) is 29.5 Å². The Labute approximate surface area is 162 Å². The second-order valence-electron chi connectivity index (χ2n) is 8.15. The molecule has 0 fully saturated rings. The first-order chi connectivity index (χ1) is 12.9. The maximum Gasteiger partial charge on any atom is 0.256 e. The number of anilines is 1. The van der Waals surface area contributed by atoms with Crippen molar-refractivity contribution in [2.75, 3.05) is 12.1 Å². The van der Waals surface area contributed by atoms with Crippen LogP contribution < -0.4 is 14.8 Å². The van der Waals surface area contributed by atoms with Gasteiger partial charge in [0.05, 0.1) is 5.56 Å². The lowest BCUT2D eigenvalue weighted by molar-refractivity contribution is 0.102. The van der Waals surface area contributed by atoms with Crippen molar-refractivity contribution in [1.82, 2.24) is 0 Å². The third-order valence-electron chi connectivity index (χ3n) is 5.46. The fourth-order valence-electron chi connectivity index (χ4n) is 3.74. The molecule has 1 atom stereocenters. The predicted molar refractivity (Wildman–Crippen MR) is 105 cm³/mol. The Balaban J connectivity index is 1.59. The molecule has 2 aliphatic rings. The molecule has 1 amide bonds. The number of rotatable bonds is 2. The van der Waals surface area contributed by atoms with Gasteiger partial charge in [0.15, 0.2) is 11.5 Å². The molecule has 1 aromatic heterocycles. The number of benzene rings is 1. The van der Waals surface area contributed by atoms with Crippen LogP contribution >= 0.6 is 11.3 Å². The molecule has 27 heavy (non-hydrogen) atoms. The van der Waals surface area contributed by atoms with E-state index in [2.05, 4.69) is 32.2 Å². The van der Waals surface area contributed by atoms with Crippen molar-refractivity contribution in [3.63, 3.8) is 0 Å². The van der Waals surface area contributed by atoms with Gasteiger partial charge in [-0.25, -0.2) is 0 Å². The van der Waals surface area contributed by atoms with Crippen molar-refractivity contribution >= 4 is 22.2 Å². The Bertz CT molecular complexity index is 950. The number of amides is 1. The molecule has 1 N–H and O–H groups in total. The second kappa shape index (κ2) is 6.58. The number of ether oxygens (including phenoxy) is 2. The number of carbonyl (C=O) groups excluding carboxylic acids is 1. The molecule has 0 saturated carbocycles. The Morgan fingerprint density at radius 1 is 1.30 bits per heavy atom. The van der Waals surface area contributed by atoms with Gasteiger partial charge >= 0.3 is 0 Å². The van der Waals surface area contributed by atoms with Gasteiger partial charge < -0.3 is 14.8 Å². The Hall–Kier alpha value is -2.52. The first kappa shape index (κ1) is 17.9. The van der Waals surface area contributed by atoms with E-state index in [0.29, 0.717) is 33.5 Å². The van der Waals surface area contributed by atoms with E-state index >= 15 is 0 Å². The summed E-state index contributed by atoms with van der Waals surface area (Å²) in [5.41, 5.74) is 2.47. The molecule has 0 bridgehead atoms. The minimum Gasteiger partial charge on any atom is -0.454 e. The highest BCUT2D eigenvalue weighted by Crippen LogP contribution is 2.44. The van der Waals surface area contributed by atoms with Crippen molar-refractivity contribution < 1.29 is 14.3 Å². The van der Waals surface area contributed by atoms with E-state index in [0.717, 1.165) is 24.8 Å². The van der Waals surface area contributed by atoms with Crippen LogP contribution in [-0.2, 0) is 12.8 Å². The summed E-state index contributed by atoms with van der Waals surface area (Å²) < 4.78 is 10.6. The van der Waals surface area contributed by atoms with Crippen molar-refractivity contribution in [1.29, 1.82) is 5.26 Å². The minimum atomic E-state index is -0.240. The Morgan fingerprint density at radius 3 is 2.81 bits per heavy atom. The number of fused-ring (bicyclic) bond motifs is 2. The monoisotopic (exact) mass is 382 g/mol. The molecule has 2 heterocycles. The zero-order valence-electron chi connectivity index (χ0n) is 15.7. The number of hydrogen-bond acceptors (Lipinski definition) is 5. The maximum absolute atomic E-state index is 12.7. The Morgan fingerprint density at radius 2 is 2.07 bits per heavy atom. The van der Waals surface area contributed by atoms with Crippen LogP contribution in [0, 0.1) is 22.7 Å². The summed E-state index contributed by atoms with van der Waals surface area (Å²) >= 11 is 1.54. The molecule has 0 spiro atoms. The molecule has 4 rings (SSSR count). The third-order valence-corrected chi connectivity index (χ3v) is 6.63. The van der Waals surface area contributed by atoms with Crippen molar-refractivity contribution in [2.24, 2.45) is 11.3 Å². The molecule has 140 valence electrons. The largest absolute Gasteiger partial charge is 0.454 e. The first-order valence-corrected chi connectivity index (χ1v) is 9.94. The molecule has 0 saturated heterocycles. The summed E-state index contributed by atoms with van der Waals surface area (Å²) in [6.07, 6.45) is 2.95. The third kappa shape index (κ3) is 3.28. The van der Waals surface area contributed by atoms with Crippen molar-refractivity contribution in [3.05, 3.63) is 39.8 Å². The van der Waals surface area contributed by atoms with E-state index in [-0.39, 0.29) is 18.1 Å². The predicted octanol–water partition coefficient (Wildman–Crippen LogP) is 4.75. The smallest absolute Gasteiger partial charge is 0.256 e. The number of thiophene rings is 1. The van der Waals surface area contributed by atoms with E-state index in [4.69, 9.17) is 9.47 Å². The quantitative estimate of drug-likeness (QED) is 0.813. The van der Waals surface area contributed by atoms with E-state index in [1.165, 1.54) is 4.88 Å². The van der Waals surface area contributed by atoms with Crippen LogP contribution in [0.1, 0.15) is 53.6 Å². The lowest BCUT2D eigenvalue weighted by Crippen LogP contribution is -2.26. The van der Waals surface area contributed by atoms with Crippen molar-refractivity contribution in [3.8, 4) is 17.6 Å². The van der Waals surface area contributed by atoms with Crippen LogP contribution in [0.2, 0.25) is 0 Å². The molecule has 0 radical (unpaired) electrons. The summed E-state index contributed by atoms with van der Waals surface area (Å²) in [7, 11) is 0. The molecule has 5 nitrogen and oxygen atoms in total. The maximum atomic E-state index is 12.7. The van der Waals surface area contributed by atoms with Gasteiger partial charge in [-0.3, -0.25) is 4.79 Å². The van der Waals surface area contributed by atoms with E-state index in [1.807, 2.05) is 0 Å². The van der Waals surface area contributed by atoms with Gasteiger partial charge in [-0.15, -0.1) is 11.3 Å². The number of carbonyl (C=O) groups is 1. The lowest BCUT2D eigenvalue weighted by atomic mass is 9.72. The highest BCUT2D eigenvalue weighted by molar-refractivity contribution is 7.16. The Kier molecular flexibility index (Phi) is 4.35. The molecular weight excluding hydrogens is 360 g/mol. The summed E-state index contributed by atoms with van der Waals surface area (Å²) in [6.45, 7) is 6.98. The van der Waals surface area contributed by atoms with Gasteiger partial charge in [-0.1, -0.05) is 20.8 Å². The number of nitrogens with zero attached hydrogens (tertiary/aromatic N) is 1. The van der Waals surface area contributed by atoms with Gasteiger partial charge in [0.2, 0.25) is 6.79 Å². The molecule has 2 aromatic rings. The molecular formula is C21H22N2O3S. The van der Waals surface area contributed by atoms with Gasteiger partial charge in [0.25, 0.3) is 5.91 Å². The van der Waals surface area contributed by atoms with Gasteiger partial charge in [-0.2, -0.15) is 5.26 Å². The second-order valence-corrected chi connectivity index (χ2v) is 9.25. The fourth-order valence-corrected chi connectivity index (χ4v) is 5.02. The standard InChI is InChI=1S/C21H22N2O3S/c1-21(2,3)13-5-6-14-15(10-22)20(27-18(14)9-13)23-19(24)12-4-7-16-17(8-12)26-11-25-16/h4,7-8,13H,5-6,9,11H2,1-3H3,(H,23,24). The molecule has 1 aliphatic carbocycles. The molecule has 1 unspecified atom stereocenters. The SMILES string of the molecule is CC(C)(C)C1CCc2c(sc(NC(=O)c3ccc4c(c3)OCO4)c2C#N)C1. The number of nitrogens with one attached hydrogen (secondary N) is 1. The summed E-state index contributed by atoms with van der Waals surface area (Å²) in [5, 5.41) is 13.3. The molecule has 1 aliphatic heterocycles. The highest BCUT2D eigenvalue weighted by Gasteiger charge is 2.32. The van der Waals surface area contributed by atoms with Crippen LogP contribution in [0.25, 0.3) is 0 Å². The summed E-state index contributed by atoms with van der Waals surface area (Å²) in [6, 6.07) is 7.42. The highest BCUT2D eigenvalue weighted by atomic mass is 32.1. The zero-order valence-corrected chi connectivity index (χ0v) is 16.5. The summed E-state index contributed by atoms with van der Waals surface area (Å²) in [4.78, 5) is 13.9. The molecule has 1 aromatic carbocycles. The van der Waals surface area contributed by atoms with Crippen LogP contribution in [0.3, 0.4) is 0 Å². The average Bonchev–Trinajstić information content (AvgIpc) is 3.23. The number of hydrogen-bond donors (Lipinski definition) is 1. The topological polar surface area (TPSA) is 71.3 Å². The van der Waals surface area contributed by atoms with Crippen LogP contribution in [0.5, 0.6) is 11.5 Å². The van der Waals surface area contributed by atoms with E-state index in [9.17, 15) is 10.1 Å². The lowest BCUT2D eigenvalue weighted by Gasteiger charge is -2.33. The van der Waals surface area contributed by atoms with Crippen LogP contribution in [0.4, 0.5) is 5.00 Å². The normalized spacial score (nSPS) is 17.9.